The molecule has 0 spiro atoms. The first kappa shape index (κ1) is 29.4. The number of hydrogen-bond acceptors (Lipinski definition) is 4. The number of aryl methyl sites for hydroxylation is 1. The van der Waals surface area contributed by atoms with Crippen molar-refractivity contribution in [3.05, 3.63) is 99.5 Å². The fraction of sp³-hybridized carbons (Fsp3) is 0.310. The summed E-state index contributed by atoms with van der Waals surface area (Å²) in [7, 11) is -3.80. The van der Waals surface area contributed by atoms with Gasteiger partial charge in [-0.1, -0.05) is 70.5 Å². The van der Waals surface area contributed by atoms with Crippen LogP contribution in [-0.4, -0.2) is 50.5 Å². The second-order valence-corrected chi connectivity index (χ2v) is 12.1. The van der Waals surface area contributed by atoms with E-state index in [2.05, 4.69) is 21.2 Å². The van der Waals surface area contributed by atoms with Gasteiger partial charge in [-0.25, -0.2) is 8.42 Å². The number of hydrogen-bond donors (Lipinski definition) is 1. The van der Waals surface area contributed by atoms with Crippen molar-refractivity contribution in [3.63, 3.8) is 0 Å². The first-order valence-corrected chi connectivity index (χ1v) is 15.0. The zero-order valence-electron chi connectivity index (χ0n) is 22.1. The maximum absolute atomic E-state index is 14.0. The number of likely N-dealkylation sites (N-methyl/N-ethyl adjacent to an activating group) is 1. The van der Waals surface area contributed by atoms with Gasteiger partial charge in [0.15, 0.2) is 0 Å². The smallest absolute Gasteiger partial charge is 0.244 e. The highest BCUT2D eigenvalue weighted by atomic mass is 79.9. The Morgan fingerprint density at radius 2 is 1.58 bits per heavy atom. The molecule has 0 fully saturated rings. The Labute approximate surface area is 234 Å². The lowest BCUT2D eigenvalue weighted by Gasteiger charge is -2.34. The zero-order chi connectivity index (χ0) is 27.9. The highest BCUT2D eigenvalue weighted by Crippen LogP contribution is 2.26. The van der Waals surface area contributed by atoms with Crippen molar-refractivity contribution in [3.8, 4) is 0 Å². The summed E-state index contributed by atoms with van der Waals surface area (Å²) in [5.74, 6) is -0.758. The molecule has 38 heavy (non-hydrogen) atoms. The van der Waals surface area contributed by atoms with E-state index in [4.69, 9.17) is 0 Å². The summed E-state index contributed by atoms with van der Waals surface area (Å²) in [6, 6.07) is 21.5. The van der Waals surface area contributed by atoms with Gasteiger partial charge in [-0.3, -0.25) is 13.9 Å². The van der Waals surface area contributed by atoms with Crippen LogP contribution in [0.4, 0.5) is 5.69 Å². The summed E-state index contributed by atoms with van der Waals surface area (Å²) in [5.41, 5.74) is 3.85. The van der Waals surface area contributed by atoms with Crippen molar-refractivity contribution in [2.24, 2.45) is 0 Å². The second-order valence-electron chi connectivity index (χ2n) is 9.24. The minimum Gasteiger partial charge on any atom is -0.355 e. The van der Waals surface area contributed by atoms with Gasteiger partial charge in [0.05, 0.1) is 11.9 Å². The molecule has 0 aliphatic heterocycles. The van der Waals surface area contributed by atoms with E-state index in [1.54, 1.807) is 12.1 Å². The minimum absolute atomic E-state index is 0.144. The minimum atomic E-state index is -3.80. The number of benzene rings is 3. The molecule has 0 heterocycles. The average Bonchev–Trinajstić information content (AvgIpc) is 2.87. The molecule has 0 radical (unpaired) electrons. The van der Waals surface area contributed by atoms with Crippen LogP contribution in [0, 0.1) is 13.8 Å². The third-order valence-electron chi connectivity index (χ3n) is 6.41. The summed E-state index contributed by atoms with van der Waals surface area (Å²) in [6.45, 7) is 5.67. The molecule has 0 aromatic heterocycles. The standard InChI is InChI=1S/C29H34BrN3O4S/c1-5-31-29(35)27(18-23-11-7-6-8-12-23)32(19-24-14-16-25(30)17-15-24)28(34)20-33(38(4,36)37)26-13-9-10-21(2)22(26)3/h6-17,27H,5,18-20H2,1-4H3,(H,31,35)/t27-/m1/s1. The summed E-state index contributed by atoms with van der Waals surface area (Å²) >= 11 is 3.43. The van der Waals surface area contributed by atoms with Gasteiger partial charge in [0, 0.05) is 24.0 Å². The first-order chi connectivity index (χ1) is 18.0. The van der Waals surface area contributed by atoms with E-state index in [1.807, 2.05) is 81.4 Å². The lowest BCUT2D eigenvalue weighted by atomic mass is 10.0. The number of sulfonamides is 1. The van der Waals surface area contributed by atoms with Crippen molar-refractivity contribution in [1.29, 1.82) is 0 Å². The van der Waals surface area contributed by atoms with Crippen LogP contribution in [0.1, 0.15) is 29.2 Å². The van der Waals surface area contributed by atoms with E-state index < -0.39 is 28.5 Å². The molecule has 1 atom stereocenters. The molecule has 3 aromatic carbocycles. The highest BCUT2D eigenvalue weighted by molar-refractivity contribution is 9.10. The number of carbonyl (C=O) groups excluding carboxylic acids is 2. The van der Waals surface area contributed by atoms with Crippen LogP contribution >= 0.6 is 15.9 Å². The van der Waals surface area contributed by atoms with Gasteiger partial charge in [0.2, 0.25) is 21.8 Å². The lowest BCUT2D eigenvalue weighted by Crippen LogP contribution is -2.53. The fourth-order valence-corrected chi connectivity index (χ4v) is 5.40. The van der Waals surface area contributed by atoms with Crippen LogP contribution in [0.25, 0.3) is 0 Å². The molecular weight excluding hydrogens is 566 g/mol. The maximum atomic E-state index is 14.0. The number of halogens is 1. The Bertz CT molecular complexity index is 1360. The summed E-state index contributed by atoms with van der Waals surface area (Å²) in [4.78, 5) is 28.8. The van der Waals surface area contributed by atoms with Gasteiger partial charge < -0.3 is 10.2 Å². The van der Waals surface area contributed by atoms with E-state index in [0.717, 1.165) is 37.3 Å². The van der Waals surface area contributed by atoms with Crippen molar-refractivity contribution in [2.75, 3.05) is 23.7 Å². The number of carbonyl (C=O) groups is 2. The number of anilines is 1. The molecule has 1 N–H and O–H groups in total. The average molecular weight is 601 g/mol. The molecule has 0 unspecified atom stereocenters. The normalized spacial score (nSPS) is 12.0. The zero-order valence-corrected chi connectivity index (χ0v) is 24.6. The summed E-state index contributed by atoms with van der Waals surface area (Å²) < 4.78 is 27.9. The topological polar surface area (TPSA) is 86.8 Å². The van der Waals surface area contributed by atoms with Crippen LogP contribution in [0.3, 0.4) is 0 Å². The summed E-state index contributed by atoms with van der Waals surface area (Å²) in [6.07, 6.45) is 1.38. The molecule has 0 saturated heterocycles. The van der Waals surface area contributed by atoms with Gasteiger partial charge in [0.1, 0.15) is 12.6 Å². The molecule has 202 valence electrons. The predicted octanol–water partition coefficient (Wildman–Crippen LogP) is 4.61. The van der Waals surface area contributed by atoms with E-state index >= 15 is 0 Å². The number of amides is 2. The van der Waals surface area contributed by atoms with E-state index in [0.29, 0.717) is 12.2 Å². The lowest BCUT2D eigenvalue weighted by molar-refractivity contribution is -0.140. The molecule has 3 aromatic rings. The molecule has 9 heteroatoms. The predicted molar refractivity (Wildman–Crippen MR) is 155 cm³/mol. The van der Waals surface area contributed by atoms with Crippen LogP contribution < -0.4 is 9.62 Å². The van der Waals surface area contributed by atoms with Crippen molar-refractivity contribution in [1.82, 2.24) is 10.2 Å². The molecule has 0 saturated carbocycles. The van der Waals surface area contributed by atoms with E-state index in [9.17, 15) is 18.0 Å². The first-order valence-electron chi connectivity index (χ1n) is 12.4. The monoisotopic (exact) mass is 599 g/mol. The largest absolute Gasteiger partial charge is 0.355 e. The van der Waals surface area contributed by atoms with Gasteiger partial charge >= 0.3 is 0 Å². The Kier molecular flexibility index (Phi) is 10.1. The third-order valence-corrected chi connectivity index (χ3v) is 8.07. The maximum Gasteiger partial charge on any atom is 0.244 e. The van der Waals surface area contributed by atoms with Gasteiger partial charge in [-0.15, -0.1) is 0 Å². The van der Waals surface area contributed by atoms with Crippen molar-refractivity contribution >= 4 is 43.5 Å². The molecule has 2 amide bonds. The Morgan fingerprint density at radius 1 is 0.921 bits per heavy atom. The Hall–Kier alpha value is -3.17. The van der Waals surface area contributed by atoms with Gasteiger partial charge in [-0.2, -0.15) is 0 Å². The SMILES string of the molecule is CCNC(=O)[C@@H](Cc1ccccc1)N(Cc1ccc(Br)cc1)C(=O)CN(c1cccc(C)c1C)S(C)(=O)=O. The number of rotatable bonds is 11. The molecule has 3 rings (SSSR count). The van der Waals surface area contributed by atoms with Crippen LogP contribution in [0.5, 0.6) is 0 Å². The van der Waals surface area contributed by atoms with E-state index in [-0.39, 0.29) is 18.9 Å². The van der Waals surface area contributed by atoms with Crippen molar-refractivity contribution in [2.45, 2.75) is 39.8 Å². The van der Waals surface area contributed by atoms with E-state index in [1.165, 1.54) is 4.90 Å². The van der Waals surface area contributed by atoms with Crippen LogP contribution in [-0.2, 0) is 32.6 Å². The Balaban J connectivity index is 2.06. The third kappa shape index (κ3) is 7.68. The van der Waals surface area contributed by atoms with Crippen LogP contribution in [0.15, 0.2) is 77.3 Å². The molecule has 0 aliphatic carbocycles. The summed E-state index contributed by atoms with van der Waals surface area (Å²) in [5, 5.41) is 2.86. The molecule has 7 nitrogen and oxygen atoms in total. The van der Waals surface area contributed by atoms with Crippen LogP contribution in [0.2, 0.25) is 0 Å². The fourth-order valence-electron chi connectivity index (χ4n) is 4.23. The molecular formula is C29H34BrN3O4S. The molecule has 0 aliphatic rings. The quantitative estimate of drug-likeness (QED) is 0.349. The molecule has 0 bridgehead atoms. The highest BCUT2D eigenvalue weighted by Gasteiger charge is 2.33. The Morgan fingerprint density at radius 3 is 2.18 bits per heavy atom. The number of nitrogens with zero attached hydrogens (tertiary/aromatic N) is 2. The second kappa shape index (κ2) is 13.1. The van der Waals surface area contributed by atoms with Gasteiger partial charge in [0.25, 0.3) is 0 Å². The number of nitrogens with one attached hydrogen (secondary N) is 1. The van der Waals surface area contributed by atoms with Crippen molar-refractivity contribution < 1.29 is 18.0 Å². The van der Waals surface area contributed by atoms with Gasteiger partial charge in [-0.05, 0) is 61.2 Å².